The molecule has 0 amide bonds. The third-order valence-corrected chi connectivity index (χ3v) is 22.7. The van der Waals surface area contributed by atoms with Crippen LogP contribution < -0.4 is 9.80 Å². The van der Waals surface area contributed by atoms with Crippen LogP contribution in [0.5, 0.6) is 0 Å². The normalized spacial score (nSPS) is 11.8. The van der Waals surface area contributed by atoms with E-state index in [1.165, 1.54) is 204 Å². The van der Waals surface area contributed by atoms with Gasteiger partial charge in [0.05, 0.1) is 0 Å². The lowest BCUT2D eigenvalue weighted by atomic mass is 9.83. The van der Waals surface area contributed by atoms with Crippen LogP contribution in [-0.4, -0.2) is 0 Å². The largest absolute Gasteiger partial charge is 0.310 e. The monoisotopic (exact) mass is 1440 g/mol. The second-order valence-electron chi connectivity index (χ2n) is 31.2. The van der Waals surface area contributed by atoms with Crippen LogP contribution in [0.3, 0.4) is 0 Å². The van der Waals surface area contributed by atoms with Crippen molar-refractivity contribution in [1.29, 1.82) is 0 Å². The number of aryl methyl sites for hydroxylation is 6. The number of nitrogens with zero attached hydrogens (tertiary/aromatic N) is 2. The molecule has 0 atom stereocenters. The molecule has 13 aromatic carbocycles. The summed E-state index contributed by atoms with van der Waals surface area (Å²) in [6.07, 6.45) is 28.4. The summed E-state index contributed by atoms with van der Waals surface area (Å²) < 4.78 is 0. The summed E-state index contributed by atoms with van der Waals surface area (Å²) in [5.41, 5.74) is 33.3. The first-order chi connectivity index (χ1) is 53.8. The van der Waals surface area contributed by atoms with Crippen LogP contribution in [-0.2, 0) is 25.7 Å². The third-order valence-electron chi connectivity index (χ3n) is 22.7. The zero-order valence-corrected chi connectivity index (χ0v) is 67.3. The lowest BCUT2D eigenvalue weighted by Gasteiger charge is -2.27. The zero-order valence-electron chi connectivity index (χ0n) is 67.3. The van der Waals surface area contributed by atoms with Crippen molar-refractivity contribution in [3.05, 3.63) is 342 Å². The summed E-state index contributed by atoms with van der Waals surface area (Å²) in [6.45, 7) is 26.9. The van der Waals surface area contributed by atoms with Gasteiger partial charge in [-0.2, -0.15) is 0 Å². The lowest BCUT2D eigenvalue weighted by Crippen LogP contribution is -2.10. The van der Waals surface area contributed by atoms with Gasteiger partial charge in [0, 0.05) is 34.1 Å². The molecule has 0 N–H and O–H groups in total. The molecule has 0 radical (unpaired) electrons. The molecule has 13 aromatic rings. The Morgan fingerprint density at radius 3 is 1.07 bits per heavy atom. The van der Waals surface area contributed by atoms with Gasteiger partial charge in [0.15, 0.2) is 0 Å². The van der Waals surface area contributed by atoms with Crippen molar-refractivity contribution in [1.82, 2.24) is 0 Å². The van der Waals surface area contributed by atoms with Crippen molar-refractivity contribution in [2.24, 2.45) is 5.92 Å². The van der Waals surface area contributed by atoms with E-state index in [0.717, 1.165) is 70.9 Å². The predicted octanol–water partition coefficient (Wildman–Crippen LogP) is 32.4. The van der Waals surface area contributed by atoms with E-state index < -0.39 is 0 Å². The van der Waals surface area contributed by atoms with Crippen LogP contribution in [0.25, 0.3) is 93.9 Å². The molecule has 0 aliphatic rings. The van der Waals surface area contributed by atoms with Crippen molar-refractivity contribution in [2.45, 2.75) is 178 Å². The quantitative estimate of drug-likeness (QED) is 0.0299. The van der Waals surface area contributed by atoms with Gasteiger partial charge in [0.2, 0.25) is 0 Å². The molecule has 0 saturated carbocycles. The number of rotatable bonds is 33. The van der Waals surface area contributed by atoms with Crippen LogP contribution in [0.1, 0.15) is 183 Å². The fourth-order valence-electron chi connectivity index (χ4n) is 16.5. The molecule has 0 bridgehead atoms. The Labute approximate surface area is 659 Å². The minimum atomic E-state index is 0.468. The van der Waals surface area contributed by atoms with E-state index in [1.807, 2.05) is 6.08 Å². The third kappa shape index (κ3) is 18.1. The Hall–Kier alpha value is -10.8. The molecule has 0 aromatic heterocycles. The second-order valence-corrected chi connectivity index (χ2v) is 31.2. The van der Waals surface area contributed by atoms with Gasteiger partial charge < -0.3 is 9.80 Å². The molecular formula is C108H114N2. The van der Waals surface area contributed by atoms with E-state index in [9.17, 15) is 0 Å². The number of unbranched alkanes of at least 4 members (excludes halogenated alkanes) is 10. The predicted molar refractivity (Wildman–Crippen MR) is 482 cm³/mol. The number of fused-ring (bicyclic) bond motifs is 2. The SMILES string of the molecule is C=C/C(=C\C=C\C(C)C)c1ccc(N(c2ccc(-c3cc(C)c(-c4c(C)cc(-c5ccc(N(c6ccc(-c7ccc(C(C)C)cc7)cc6)c6ccc(-c7ccc(CCCCCCCC)cc7)c(CC)c6)cc5)c5ccccc45)c4ccccc34)cc2)c2ccc(-c3ccc(CCCCCCCC)cc3)c(CC)c2)cc1. The fraction of sp³-hybridized carbons (Fsp3) is 0.259. The Kier molecular flexibility index (Phi) is 26.1. The Morgan fingerprint density at radius 1 is 0.345 bits per heavy atom. The summed E-state index contributed by atoms with van der Waals surface area (Å²) in [5, 5.41) is 4.97. The Balaban J connectivity index is 0.818. The first-order valence-electron chi connectivity index (χ1n) is 41.5. The van der Waals surface area contributed by atoms with Gasteiger partial charge in [-0.25, -0.2) is 0 Å². The molecular weight excluding hydrogens is 1330 g/mol. The highest BCUT2D eigenvalue weighted by Crippen LogP contribution is 2.48. The average molecular weight is 1440 g/mol. The molecule has 0 aliphatic carbocycles. The summed E-state index contributed by atoms with van der Waals surface area (Å²) >= 11 is 0. The number of anilines is 6. The van der Waals surface area contributed by atoms with Crippen molar-refractivity contribution in [3.63, 3.8) is 0 Å². The standard InChI is InChI=1S/C108H114N2/c1-12-17-19-21-23-25-33-80-40-44-89(45-41-80)99-70-68-97(74-83(99)15-4)109(93-60-52-86(53-61-93)82(14-3)35-31-32-76(6)7)95-64-56-91(57-65-95)105-72-78(10)107(103-38-29-27-36-101(103)105)108-79(11)73-106(102-37-28-30-39-104(102)108)92-58-66-96(67-59-92)110(94-62-54-88(55-63-94)87-50-48-85(49-51-87)77(8)9)98-69-71-100(84(16-5)75-98)90-46-42-81(43-47-90)34-26-24-22-20-18-13-2/h14,27-32,35-77H,3,12-13,15-26,33-34H2,1-2,4-11H3/b32-31+,82-35+. The maximum atomic E-state index is 4.21. The number of hydrogen-bond acceptors (Lipinski definition) is 2. The van der Waals surface area contributed by atoms with E-state index in [2.05, 4.69) is 371 Å². The van der Waals surface area contributed by atoms with Gasteiger partial charge in [0.25, 0.3) is 0 Å². The summed E-state index contributed by atoms with van der Waals surface area (Å²) in [4.78, 5) is 4.87. The highest BCUT2D eigenvalue weighted by atomic mass is 15.1. The molecule has 0 spiro atoms. The topological polar surface area (TPSA) is 6.48 Å². The molecule has 0 heterocycles. The van der Waals surface area contributed by atoms with E-state index in [1.54, 1.807) is 0 Å². The highest BCUT2D eigenvalue weighted by Gasteiger charge is 2.23. The Bertz CT molecular complexity index is 5280. The average Bonchev–Trinajstić information content (AvgIpc) is 0.740. The molecule has 0 saturated heterocycles. The van der Waals surface area contributed by atoms with Gasteiger partial charge >= 0.3 is 0 Å². The molecule has 0 aliphatic heterocycles. The summed E-state index contributed by atoms with van der Waals surface area (Å²) in [6, 6.07) is 102. The van der Waals surface area contributed by atoms with Gasteiger partial charge in [0.1, 0.15) is 0 Å². The number of allylic oxidation sites excluding steroid dienone is 5. The Morgan fingerprint density at radius 2 is 0.691 bits per heavy atom. The smallest absolute Gasteiger partial charge is 0.0464 e. The van der Waals surface area contributed by atoms with Crippen molar-refractivity contribution >= 4 is 61.2 Å². The number of hydrogen-bond donors (Lipinski definition) is 0. The van der Waals surface area contributed by atoms with Crippen LogP contribution in [0.2, 0.25) is 0 Å². The first kappa shape index (κ1) is 77.4. The van der Waals surface area contributed by atoms with Gasteiger partial charge in [-0.15, -0.1) is 0 Å². The maximum absolute atomic E-state index is 4.21. The lowest BCUT2D eigenvalue weighted by molar-refractivity contribution is 0.607. The maximum Gasteiger partial charge on any atom is 0.0464 e. The molecule has 13 rings (SSSR count). The summed E-state index contributed by atoms with van der Waals surface area (Å²) in [5.74, 6) is 0.956. The molecule has 0 unspecified atom stereocenters. The van der Waals surface area contributed by atoms with Gasteiger partial charge in [-0.3, -0.25) is 0 Å². The fourth-order valence-corrected chi connectivity index (χ4v) is 16.5. The van der Waals surface area contributed by atoms with E-state index in [4.69, 9.17) is 0 Å². The molecule has 110 heavy (non-hydrogen) atoms. The zero-order chi connectivity index (χ0) is 76.5. The molecule has 556 valence electrons. The van der Waals surface area contributed by atoms with Crippen LogP contribution in [0.4, 0.5) is 34.1 Å². The van der Waals surface area contributed by atoms with Crippen LogP contribution >= 0.6 is 0 Å². The minimum absolute atomic E-state index is 0.468. The second kappa shape index (κ2) is 37.1. The van der Waals surface area contributed by atoms with Gasteiger partial charge in [-0.1, -0.05) is 345 Å². The van der Waals surface area contributed by atoms with Crippen molar-refractivity contribution in [2.75, 3.05) is 9.80 Å². The molecule has 2 nitrogen and oxygen atoms in total. The van der Waals surface area contributed by atoms with E-state index >= 15 is 0 Å². The highest BCUT2D eigenvalue weighted by molar-refractivity contribution is 6.14. The van der Waals surface area contributed by atoms with Crippen LogP contribution in [0, 0.1) is 19.8 Å². The molecule has 2 heteroatoms. The summed E-state index contributed by atoms with van der Waals surface area (Å²) in [7, 11) is 0. The van der Waals surface area contributed by atoms with Gasteiger partial charge in [-0.05, 0) is 275 Å². The van der Waals surface area contributed by atoms with Crippen LogP contribution in [0.15, 0.2) is 298 Å². The number of benzene rings is 13. The molecule has 0 fully saturated rings. The van der Waals surface area contributed by atoms with Crippen molar-refractivity contribution in [3.8, 4) is 66.8 Å². The first-order valence-corrected chi connectivity index (χ1v) is 41.5. The van der Waals surface area contributed by atoms with E-state index in [0.29, 0.717) is 11.8 Å². The van der Waals surface area contributed by atoms with Crippen molar-refractivity contribution < 1.29 is 0 Å². The minimum Gasteiger partial charge on any atom is -0.310 e. The van der Waals surface area contributed by atoms with E-state index in [-0.39, 0.29) is 0 Å².